The van der Waals surface area contributed by atoms with Crippen molar-refractivity contribution in [2.75, 3.05) is 26.2 Å². The molecule has 0 bridgehead atoms. The van der Waals surface area contributed by atoms with Gasteiger partial charge in [-0.05, 0) is 24.5 Å². The summed E-state index contributed by atoms with van der Waals surface area (Å²) >= 11 is 0. The van der Waals surface area contributed by atoms with E-state index in [0.29, 0.717) is 24.7 Å². The minimum absolute atomic E-state index is 0.0351. The van der Waals surface area contributed by atoms with Crippen LogP contribution in [-0.4, -0.2) is 47.9 Å². The third kappa shape index (κ3) is 4.09. The van der Waals surface area contributed by atoms with Gasteiger partial charge in [0.05, 0.1) is 12.0 Å². The van der Waals surface area contributed by atoms with Crippen LogP contribution in [0, 0.1) is 0 Å². The Morgan fingerprint density at radius 1 is 1.08 bits per heavy atom. The highest BCUT2D eigenvalue weighted by atomic mass is 19.4. The number of piperazine rings is 1. The number of rotatable bonds is 3. The Bertz CT molecular complexity index is 574. The molecule has 0 spiro atoms. The van der Waals surface area contributed by atoms with Gasteiger partial charge in [-0.25, -0.2) is 0 Å². The molecule has 0 radical (unpaired) electrons. The largest absolute Gasteiger partial charge is 0.416 e. The summed E-state index contributed by atoms with van der Waals surface area (Å²) in [6.45, 7) is 3.10. The molecule has 1 saturated carbocycles. The van der Waals surface area contributed by atoms with E-state index in [4.69, 9.17) is 0 Å². The molecule has 0 unspecified atom stereocenters. The molecule has 0 aromatic heterocycles. The van der Waals surface area contributed by atoms with Gasteiger partial charge >= 0.3 is 6.18 Å². The van der Waals surface area contributed by atoms with E-state index in [1.54, 1.807) is 11.0 Å². The van der Waals surface area contributed by atoms with Crippen LogP contribution in [-0.2, 0) is 17.4 Å². The van der Waals surface area contributed by atoms with E-state index in [0.717, 1.165) is 25.2 Å². The number of alkyl halides is 3. The fourth-order valence-corrected chi connectivity index (χ4v) is 3.75. The van der Waals surface area contributed by atoms with Gasteiger partial charge in [-0.1, -0.05) is 31.0 Å². The first-order valence-corrected chi connectivity index (χ1v) is 8.61. The summed E-state index contributed by atoms with van der Waals surface area (Å²) in [5.74, 6) is -0.0830. The van der Waals surface area contributed by atoms with E-state index < -0.39 is 11.7 Å². The van der Waals surface area contributed by atoms with E-state index in [1.165, 1.54) is 31.7 Å². The predicted molar refractivity (Wildman–Crippen MR) is 85.6 cm³/mol. The number of carbonyl (C=O) groups is 1. The number of hydrogen-bond acceptors (Lipinski definition) is 2. The van der Waals surface area contributed by atoms with Gasteiger partial charge in [0.1, 0.15) is 0 Å². The molecule has 1 heterocycles. The summed E-state index contributed by atoms with van der Waals surface area (Å²) in [5, 5.41) is 0. The van der Waals surface area contributed by atoms with Crippen molar-refractivity contribution in [3.8, 4) is 0 Å². The van der Waals surface area contributed by atoms with E-state index in [1.807, 2.05) is 0 Å². The van der Waals surface area contributed by atoms with E-state index in [2.05, 4.69) is 4.90 Å². The van der Waals surface area contributed by atoms with Crippen LogP contribution in [0.15, 0.2) is 24.3 Å². The molecule has 0 atom stereocenters. The maximum absolute atomic E-state index is 12.8. The molecule has 2 aliphatic rings. The number of amides is 1. The molecule has 1 aromatic carbocycles. The lowest BCUT2D eigenvalue weighted by molar-refractivity contribution is -0.138. The van der Waals surface area contributed by atoms with Gasteiger partial charge in [0.15, 0.2) is 0 Å². The van der Waals surface area contributed by atoms with E-state index in [-0.39, 0.29) is 12.3 Å². The van der Waals surface area contributed by atoms with Gasteiger partial charge in [-0.15, -0.1) is 0 Å². The van der Waals surface area contributed by atoms with Gasteiger partial charge in [0.25, 0.3) is 0 Å². The van der Waals surface area contributed by atoms with Crippen molar-refractivity contribution in [2.24, 2.45) is 0 Å². The Kier molecular flexibility index (Phi) is 5.13. The zero-order valence-electron chi connectivity index (χ0n) is 13.7. The molecule has 1 aliphatic heterocycles. The smallest absolute Gasteiger partial charge is 0.340 e. The fourth-order valence-electron chi connectivity index (χ4n) is 3.75. The lowest BCUT2D eigenvalue weighted by atomic mass is 10.1. The minimum Gasteiger partial charge on any atom is -0.340 e. The van der Waals surface area contributed by atoms with Gasteiger partial charge in [0.2, 0.25) is 5.91 Å². The monoisotopic (exact) mass is 340 g/mol. The Morgan fingerprint density at radius 2 is 1.75 bits per heavy atom. The van der Waals surface area contributed by atoms with Crippen LogP contribution >= 0.6 is 0 Å². The van der Waals surface area contributed by atoms with Crippen molar-refractivity contribution in [2.45, 2.75) is 44.3 Å². The number of nitrogens with zero attached hydrogens (tertiary/aromatic N) is 2. The van der Waals surface area contributed by atoms with Crippen molar-refractivity contribution < 1.29 is 18.0 Å². The van der Waals surface area contributed by atoms with Gasteiger partial charge < -0.3 is 4.90 Å². The molecular weight excluding hydrogens is 317 g/mol. The summed E-state index contributed by atoms with van der Waals surface area (Å²) in [7, 11) is 0. The first-order valence-electron chi connectivity index (χ1n) is 8.61. The highest BCUT2D eigenvalue weighted by molar-refractivity contribution is 5.79. The summed E-state index contributed by atoms with van der Waals surface area (Å²) in [6, 6.07) is 5.72. The van der Waals surface area contributed by atoms with Crippen LogP contribution in [0.1, 0.15) is 36.8 Å². The summed E-state index contributed by atoms with van der Waals surface area (Å²) in [6.07, 6.45) is 0.744. The zero-order chi connectivity index (χ0) is 17.2. The highest BCUT2D eigenvalue weighted by Gasteiger charge is 2.31. The number of benzene rings is 1. The Labute approximate surface area is 140 Å². The SMILES string of the molecule is O=C(Cc1cccc(C(F)(F)F)c1)N1CCN(C2CCCC2)CC1. The average Bonchev–Trinajstić information content (AvgIpc) is 3.09. The number of hydrogen-bond donors (Lipinski definition) is 0. The minimum atomic E-state index is -4.37. The Morgan fingerprint density at radius 3 is 2.38 bits per heavy atom. The van der Waals surface area contributed by atoms with Crippen LogP contribution < -0.4 is 0 Å². The molecule has 6 heteroatoms. The molecule has 132 valence electrons. The Balaban J connectivity index is 1.54. The second-order valence-corrected chi connectivity index (χ2v) is 6.73. The standard InChI is InChI=1S/C18H23F3N2O/c19-18(20,21)15-5-3-4-14(12-15)13-17(24)23-10-8-22(9-11-23)16-6-1-2-7-16/h3-5,12,16H,1-2,6-11,13H2. The maximum atomic E-state index is 12.8. The predicted octanol–water partition coefficient (Wildman–Crippen LogP) is 3.33. The second kappa shape index (κ2) is 7.13. The van der Waals surface area contributed by atoms with Gasteiger partial charge in [-0.3, -0.25) is 9.69 Å². The lowest BCUT2D eigenvalue weighted by Crippen LogP contribution is -2.51. The second-order valence-electron chi connectivity index (χ2n) is 6.73. The summed E-state index contributed by atoms with van der Waals surface area (Å²) in [5.41, 5.74) is -0.271. The third-order valence-corrected chi connectivity index (χ3v) is 5.12. The summed E-state index contributed by atoms with van der Waals surface area (Å²) < 4.78 is 38.3. The molecule has 3 rings (SSSR count). The molecule has 1 aliphatic carbocycles. The van der Waals surface area contributed by atoms with Gasteiger partial charge in [-0.2, -0.15) is 13.2 Å². The van der Waals surface area contributed by atoms with Crippen LogP contribution in [0.3, 0.4) is 0 Å². The summed E-state index contributed by atoms with van der Waals surface area (Å²) in [4.78, 5) is 16.6. The van der Waals surface area contributed by atoms with Crippen LogP contribution in [0.4, 0.5) is 13.2 Å². The first-order chi connectivity index (χ1) is 11.4. The van der Waals surface area contributed by atoms with Gasteiger partial charge in [0, 0.05) is 32.2 Å². The molecular formula is C18H23F3N2O. The lowest BCUT2D eigenvalue weighted by Gasteiger charge is -2.38. The number of carbonyl (C=O) groups excluding carboxylic acids is 1. The van der Waals surface area contributed by atoms with Crippen molar-refractivity contribution in [1.82, 2.24) is 9.80 Å². The Hall–Kier alpha value is -1.56. The molecule has 3 nitrogen and oxygen atoms in total. The zero-order valence-corrected chi connectivity index (χ0v) is 13.7. The molecule has 1 amide bonds. The highest BCUT2D eigenvalue weighted by Crippen LogP contribution is 2.30. The maximum Gasteiger partial charge on any atom is 0.416 e. The van der Waals surface area contributed by atoms with Crippen molar-refractivity contribution in [1.29, 1.82) is 0 Å². The van der Waals surface area contributed by atoms with E-state index in [9.17, 15) is 18.0 Å². The third-order valence-electron chi connectivity index (χ3n) is 5.12. The van der Waals surface area contributed by atoms with Crippen molar-refractivity contribution in [3.63, 3.8) is 0 Å². The molecule has 1 aromatic rings. The average molecular weight is 340 g/mol. The molecule has 1 saturated heterocycles. The van der Waals surface area contributed by atoms with Crippen LogP contribution in [0.25, 0.3) is 0 Å². The van der Waals surface area contributed by atoms with Crippen molar-refractivity contribution in [3.05, 3.63) is 35.4 Å². The first kappa shape index (κ1) is 17.3. The van der Waals surface area contributed by atoms with Crippen LogP contribution in [0.2, 0.25) is 0 Å². The molecule has 0 N–H and O–H groups in total. The normalized spacial score (nSPS) is 20.5. The quantitative estimate of drug-likeness (QED) is 0.843. The molecule has 2 fully saturated rings. The fraction of sp³-hybridized carbons (Fsp3) is 0.611. The molecule has 24 heavy (non-hydrogen) atoms. The van der Waals surface area contributed by atoms with E-state index >= 15 is 0 Å². The topological polar surface area (TPSA) is 23.6 Å². The van der Waals surface area contributed by atoms with Crippen LogP contribution in [0.5, 0.6) is 0 Å². The van der Waals surface area contributed by atoms with Crippen molar-refractivity contribution >= 4 is 5.91 Å². The number of halogens is 3.